The second-order valence-electron chi connectivity index (χ2n) is 5.70. The fourth-order valence-corrected chi connectivity index (χ4v) is 3.16. The van der Waals surface area contributed by atoms with Gasteiger partial charge in [0.1, 0.15) is 0 Å². The average Bonchev–Trinajstić information content (AvgIpc) is 3.01. The molecular weight excluding hydrogens is 252 g/mol. The predicted molar refractivity (Wildman–Crippen MR) is 78.9 cm³/mol. The van der Waals surface area contributed by atoms with E-state index in [0.29, 0.717) is 0 Å². The maximum Gasteiger partial charge on any atom is 0.227 e. The standard InChI is InChI=1S/C16H22N2O2/c1-11(15-7-4-10-20-15)18-16(19)13-8-9-17-14-6-3-2-5-12(13)14/h2-3,5-6,11,13,15,17H,4,7-10H2,1H3,(H,18,19). The van der Waals surface area contributed by atoms with Crippen LogP contribution in [0.1, 0.15) is 37.7 Å². The van der Waals surface area contributed by atoms with Crippen molar-refractivity contribution >= 4 is 11.6 Å². The molecule has 0 spiro atoms. The number of carbonyl (C=O) groups is 1. The van der Waals surface area contributed by atoms with Crippen LogP contribution in [0, 0.1) is 0 Å². The quantitative estimate of drug-likeness (QED) is 0.889. The summed E-state index contributed by atoms with van der Waals surface area (Å²) in [6.07, 6.45) is 3.17. The first-order chi connectivity index (χ1) is 9.75. The molecule has 4 heteroatoms. The molecule has 2 heterocycles. The smallest absolute Gasteiger partial charge is 0.227 e. The Morgan fingerprint density at radius 3 is 3.05 bits per heavy atom. The van der Waals surface area contributed by atoms with Crippen LogP contribution >= 0.6 is 0 Å². The van der Waals surface area contributed by atoms with Gasteiger partial charge in [0.15, 0.2) is 0 Å². The largest absolute Gasteiger partial charge is 0.385 e. The number of rotatable bonds is 3. The van der Waals surface area contributed by atoms with Crippen molar-refractivity contribution in [3.8, 4) is 0 Å². The van der Waals surface area contributed by atoms with E-state index in [1.165, 1.54) is 0 Å². The highest BCUT2D eigenvalue weighted by molar-refractivity contribution is 5.86. The lowest BCUT2D eigenvalue weighted by Crippen LogP contribution is -2.44. The van der Waals surface area contributed by atoms with Gasteiger partial charge in [-0.25, -0.2) is 0 Å². The lowest BCUT2D eigenvalue weighted by atomic mass is 9.90. The number of nitrogens with one attached hydrogen (secondary N) is 2. The van der Waals surface area contributed by atoms with E-state index in [1.54, 1.807) is 0 Å². The zero-order valence-corrected chi connectivity index (χ0v) is 11.9. The van der Waals surface area contributed by atoms with Crippen LogP contribution in [-0.4, -0.2) is 31.2 Å². The zero-order chi connectivity index (χ0) is 13.9. The summed E-state index contributed by atoms with van der Waals surface area (Å²) in [5.74, 6) is 0.0817. The zero-order valence-electron chi connectivity index (χ0n) is 11.9. The number of carbonyl (C=O) groups excluding carboxylic acids is 1. The second-order valence-corrected chi connectivity index (χ2v) is 5.70. The van der Waals surface area contributed by atoms with E-state index in [0.717, 1.165) is 43.7 Å². The van der Waals surface area contributed by atoms with Gasteiger partial charge in [-0.15, -0.1) is 0 Å². The molecule has 2 N–H and O–H groups in total. The molecule has 20 heavy (non-hydrogen) atoms. The van der Waals surface area contributed by atoms with Gasteiger partial charge in [-0.05, 0) is 37.8 Å². The van der Waals surface area contributed by atoms with Gasteiger partial charge >= 0.3 is 0 Å². The number of amides is 1. The Labute approximate surface area is 119 Å². The number of anilines is 1. The molecule has 1 amide bonds. The molecule has 3 unspecified atom stereocenters. The van der Waals surface area contributed by atoms with Crippen LogP contribution in [0.3, 0.4) is 0 Å². The highest BCUT2D eigenvalue weighted by atomic mass is 16.5. The van der Waals surface area contributed by atoms with E-state index in [4.69, 9.17) is 4.74 Å². The Morgan fingerprint density at radius 1 is 1.40 bits per heavy atom. The van der Waals surface area contributed by atoms with Crippen molar-refractivity contribution in [2.75, 3.05) is 18.5 Å². The van der Waals surface area contributed by atoms with Crippen LogP contribution in [0.25, 0.3) is 0 Å². The summed E-state index contributed by atoms with van der Waals surface area (Å²) in [6, 6.07) is 8.17. The summed E-state index contributed by atoms with van der Waals surface area (Å²) in [4.78, 5) is 12.5. The van der Waals surface area contributed by atoms with Crippen molar-refractivity contribution < 1.29 is 9.53 Å². The number of hydrogen-bond acceptors (Lipinski definition) is 3. The molecule has 1 saturated heterocycles. The lowest BCUT2D eigenvalue weighted by Gasteiger charge is -2.28. The minimum Gasteiger partial charge on any atom is -0.385 e. The minimum absolute atomic E-state index is 0.0451. The van der Waals surface area contributed by atoms with Gasteiger partial charge in [0.05, 0.1) is 18.1 Å². The third-order valence-corrected chi connectivity index (χ3v) is 4.29. The van der Waals surface area contributed by atoms with Crippen LogP contribution in [0.5, 0.6) is 0 Å². The minimum atomic E-state index is -0.0451. The average molecular weight is 274 g/mol. The van der Waals surface area contributed by atoms with E-state index in [-0.39, 0.29) is 24.0 Å². The number of ether oxygens (including phenoxy) is 1. The molecule has 108 valence electrons. The molecule has 2 aliphatic rings. The number of para-hydroxylation sites is 1. The second kappa shape index (κ2) is 5.83. The summed E-state index contributed by atoms with van der Waals surface area (Å²) < 4.78 is 5.65. The lowest BCUT2D eigenvalue weighted by molar-refractivity contribution is -0.124. The Hall–Kier alpha value is -1.55. The normalized spacial score (nSPS) is 26.4. The molecule has 3 rings (SSSR count). The third kappa shape index (κ3) is 2.66. The molecule has 0 bridgehead atoms. The van der Waals surface area contributed by atoms with Crippen molar-refractivity contribution in [1.82, 2.24) is 5.32 Å². The summed E-state index contributed by atoms with van der Waals surface area (Å²) in [6.45, 7) is 3.71. The van der Waals surface area contributed by atoms with Gasteiger partial charge in [-0.2, -0.15) is 0 Å². The SMILES string of the molecule is CC(NC(=O)C1CCNc2ccccc21)C1CCCO1. The highest BCUT2D eigenvalue weighted by Gasteiger charge is 2.29. The molecule has 1 aromatic rings. The number of hydrogen-bond donors (Lipinski definition) is 2. The van der Waals surface area contributed by atoms with E-state index >= 15 is 0 Å². The molecule has 0 aromatic heterocycles. The van der Waals surface area contributed by atoms with Crippen LogP contribution < -0.4 is 10.6 Å². The Bertz CT molecular complexity index is 483. The summed E-state index contributed by atoms with van der Waals surface area (Å²) in [5, 5.41) is 6.49. The molecule has 1 aromatic carbocycles. The maximum atomic E-state index is 12.5. The summed E-state index contributed by atoms with van der Waals surface area (Å²) in [7, 11) is 0. The molecule has 2 aliphatic heterocycles. The van der Waals surface area contributed by atoms with Crippen LogP contribution in [0.15, 0.2) is 24.3 Å². The first kappa shape index (κ1) is 13.4. The van der Waals surface area contributed by atoms with Crippen molar-refractivity contribution in [3.05, 3.63) is 29.8 Å². The summed E-state index contributed by atoms with van der Waals surface area (Å²) in [5.41, 5.74) is 2.19. The van der Waals surface area contributed by atoms with Gasteiger partial charge in [-0.3, -0.25) is 4.79 Å². The van der Waals surface area contributed by atoms with Crippen LogP contribution in [0.2, 0.25) is 0 Å². The number of fused-ring (bicyclic) bond motifs is 1. The van der Waals surface area contributed by atoms with E-state index in [1.807, 2.05) is 31.2 Å². The highest BCUT2D eigenvalue weighted by Crippen LogP contribution is 2.31. The molecule has 0 saturated carbocycles. The molecule has 0 radical (unpaired) electrons. The molecule has 3 atom stereocenters. The first-order valence-electron chi connectivity index (χ1n) is 7.50. The van der Waals surface area contributed by atoms with Crippen molar-refractivity contribution in [2.24, 2.45) is 0 Å². The fraction of sp³-hybridized carbons (Fsp3) is 0.562. The first-order valence-corrected chi connectivity index (χ1v) is 7.50. The fourth-order valence-electron chi connectivity index (χ4n) is 3.16. The predicted octanol–water partition coefficient (Wildman–Crippen LogP) is 2.27. The third-order valence-electron chi connectivity index (χ3n) is 4.29. The van der Waals surface area contributed by atoms with Gasteiger partial charge in [-0.1, -0.05) is 18.2 Å². The van der Waals surface area contributed by atoms with Crippen molar-refractivity contribution in [3.63, 3.8) is 0 Å². The summed E-state index contributed by atoms with van der Waals surface area (Å²) >= 11 is 0. The van der Waals surface area contributed by atoms with E-state index < -0.39 is 0 Å². The monoisotopic (exact) mass is 274 g/mol. The Balaban J connectivity index is 1.68. The van der Waals surface area contributed by atoms with Crippen LogP contribution in [-0.2, 0) is 9.53 Å². The van der Waals surface area contributed by atoms with Gasteiger partial charge in [0.2, 0.25) is 5.91 Å². The van der Waals surface area contributed by atoms with E-state index in [9.17, 15) is 4.79 Å². The molecule has 0 aliphatic carbocycles. The van der Waals surface area contributed by atoms with Gasteiger partial charge in [0, 0.05) is 18.8 Å². The Kier molecular flexibility index (Phi) is 3.92. The molecule has 4 nitrogen and oxygen atoms in total. The van der Waals surface area contributed by atoms with Crippen molar-refractivity contribution in [2.45, 2.75) is 44.2 Å². The molecule has 1 fully saturated rings. The van der Waals surface area contributed by atoms with Gasteiger partial charge in [0.25, 0.3) is 0 Å². The number of benzene rings is 1. The van der Waals surface area contributed by atoms with E-state index in [2.05, 4.69) is 10.6 Å². The van der Waals surface area contributed by atoms with Crippen LogP contribution in [0.4, 0.5) is 5.69 Å². The molecular formula is C16H22N2O2. The topological polar surface area (TPSA) is 50.4 Å². The Morgan fingerprint density at radius 2 is 2.25 bits per heavy atom. The van der Waals surface area contributed by atoms with Crippen molar-refractivity contribution in [1.29, 1.82) is 0 Å². The maximum absolute atomic E-state index is 12.5. The van der Waals surface area contributed by atoms with Gasteiger partial charge < -0.3 is 15.4 Å².